The summed E-state index contributed by atoms with van der Waals surface area (Å²) in [6, 6.07) is 5.58. The summed E-state index contributed by atoms with van der Waals surface area (Å²) in [7, 11) is 0. The molecule has 1 aromatic rings. The molecular formula is C15H17NO4. The van der Waals surface area contributed by atoms with Crippen LogP contribution >= 0.6 is 0 Å². The van der Waals surface area contributed by atoms with Gasteiger partial charge in [0.1, 0.15) is 5.60 Å². The molecule has 0 aromatic heterocycles. The van der Waals surface area contributed by atoms with Crippen molar-refractivity contribution in [3.8, 4) is 0 Å². The van der Waals surface area contributed by atoms with Crippen LogP contribution in [0.4, 0.5) is 5.69 Å². The molecule has 5 heteroatoms. The maximum Gasteiger partial charge on any atom is 0.338 e. The number of nitro benzene ring substituents is 1. The molecule has 3 atom stereocenters. The lowest BCUT2D eigenvalue weighted by Gasteiger charge is -2.33. The van der Waals surface area contributed by atoms with Gasteiger partial charge in [0.25, 0.3) is 5.69 Å². The van der Waals surface area contributed by atoms with Gasteiger partial charge in [0.05, 0.1) is 10.5 Å². The Morgan fingerprint density at radius 1 is 1.35 bits per heavy atom. The summed E-state index contributed by atoms with van der Waals surface area (Å²) >= 11 is 0. The van der Waals surface area contributed by atoms with Crippen molar-refractivity contribution in [3.05, 3.63) is 39.9 Å². The topological polar surface area (TPSA) is 69.4 Å². The molecule has 3 rings (SSSR count). The number of carbonyl (C=O) groups excluding carboxylic acids is 1. The SMILES string of the molecule is C[C@@]1(OC(=O)c2ccc([N+](=O)[O-])cc2)C[C@H]2CC[C@H]1C2. The minimum absolute atomic E-state index is 0.0207. The zero-order chi connectivity index (χ0) is 14.3. The molecule has 2 bridgehead atoms. The molecule has 0 spiro atoms. The van der Waals surface area contributed by atoms with Crippen molar-refractivity contribution in [3.63, 3.8) is 0 Å². The van der Waals surface area contributed by atoms with Crippen molar-refractivity contribution in [1.82, 2.24) is 0 Å². The van der Waals surface area contributed by atoms with Crippen molar-refractivity contribution in [2.24, 2.45) is 11.8 Å². The van der Waals surface area contributed by atoms with E-state index in [0.29, 0.717) is 17.4 Å². The number of hydrogen-bond acceptors (Lipinski definition) is 4. The van der Waals surface area contributed by atoms with Crippen LogP contribution < -0.4 is 0 Å². The van der Waals surface area contributed by atoms with E-state index in [2.05, 4.69) is 0 Å². The number of esters is 1. The lowest BCUT2D eigenvalue weighted by molar-refractivity contribution is -0.384. The lowest BCUT2D eigenvalue weighted by atomic mass is 9.85. The van der Waals surface area contributed by atoms with Crippen LogP contribution in [-0.2, 0) is 4.74 Å². The van der Waals surface area contributed by atoms with E-state index < -0.39 is 4.92 Å². The second-order valence-electron chi connectivity index (χ2n) is 6.09. The van der Waals surface area contributed by atoms with Gasteiger partial charge in [-0.25, -0.2) is 4.79 Å². The van der Waals surface area contributed by atoms with E-state index in [9.17, 15) is 14.9 Å². The smallest absolute Gasteiger partial charge is 0.338 e. The number of non-ortho nitro benzene ring substituents is 1. The minimum atomic E-state index is -0.480. The van der Waals surface area contributed by atoms with Crippen LogP contribution in [0.25, 0.3) is 0 Å². The maximum atomic E-state index is 12.2. The first-order valence-corrected chi connectivity index (χ1v) is 6.96. The highest BCUT2D eigenvalue weighted by Gasteiger charge is 2.50. The van der Waals surface area contributed by atoms with Gasteiger partial charge in [-0.15, -0.1) is 0 Å². The second kappa shape index (κ2) is 4.58. The molecule has 0 heterocycles. The third kappa shape index (κ3) is 2.17. The monoisotopic (exact) mass is 275 g/mol. The Bertz CT molecular complexity index is 553. The summed E-state index contributed by atoms with van der Waals surface area (Å²) < 4.78 is 5.71. The third-order valence-electron chi connectivity index (χ3n) is 4.74. The van der Waals surface area contributed by atoms with Gasteiger partial charge in [0, 0.05) is 12.1 Å². The Balaban J connectivity index is 1.72. The van der Waals surface area contributed by atoms with E-state index in [4.69, 9.17) is 4.74 Å². The molecule has 2 fully saturated rings. The highest BCUT2D eigenvalue weighted by atomic mass is 16.6. The first kappa shape index (κ1) is 13.1. The van der Waals surface area contributed by atoms with E-state index in [0.717, 1.165) is 19.3 Å². The molecule has 2 aliphatic rings. The van der Waals surface area contributed by atoms with E-state index in [1.807, 2.05) is 6.92 Å². The van der Waals surface area contributed by atoms with E-state index in [1.165, 1.54) is 30.7 Å². The first-order valence-electron chi connectivity index (χ1n) is 6.96. The molecule has 1 aromatic carbocycles. The van der Waals surface area contributed by atoms with Crippen LogP contribution in [0.5, 0.6) is 0 Å². The normalized spacial score (nSPS) is 31.2. The molecule has 0 saturated heterocycles. The zero-order valence-electron chi connectivity index (χ0n) is 11.4. The quantitative estimate of drug-likeness (QED) is 0.482. The van der Waals surface area contributed by atoms with Crippen LogP contribution in [0.15, 0.2) is 24.3 Å². The van der Waals surface area contributed by atoms with E-state index >= 15 is 0 Å². The summed E-state index contributed by atoms with van der Waals surface area (Å²) in [4.78, 5) is 22.3. The number of carbonyl (C=O) groups is 1. The molecule has 106 valence electrons. The number of ether oxygens (including phenoxy) is 1. The van der Waals surface area contributed by atoms with Crippen LogP contribution in [0.3, 0.4) is 0 Å². The van der Waals surface area contributed by atoms with Gasteiger partial charge in [-0.05, 0) is 56.6 Å². The van der Waals surface area contributed by atoms with Crippen LogP contribution in [0.2, 0.25) is 0 Å². The molecule has 20 heavy (non-hydrogen) atoms. The van der Waals surface area contributed by atoms with Gasteiger partial charge in [-0.3, -0.25) is 10.1 Å². The van der Waals surface area contributed by atoms with Gasteiger partial charge in [-0.2, -0.15) is 0 Å². The molecule has 5 nitrogen and oxygen atoms in total. The first-order chi connectivity index (χ1) is 9.48. The zero-order valence-corrected chi connectivity index (χ0v) is 11.4. The van der Waals surface area contributed by atoms with Gasteiger partial charge >= 0.3 is 5.97 Å². The van der Waals surface area contributed by atoms with Gasteiger partial charge in [0.2, 0.25) is 0 Å². The Morgan fingerprint density at radius 2 is 2.05 bits per heavy atom. The number of hydrogen-bond donors (Lipinski definition) is 0. The molecule has 0 aliphatic heterocycles. The van der Waals surface area contributed by atoms with Crippen molar-refractivity contribution >= 4 is 11.7 Å². The molecule has 0 radical (unpaired) electrons. The summed E-state index contributed by atoms with van der Waals surface area (Å²) in [5.41, 5.74) is -0.00538. The van der Waals surface area contributed by atoms with Gasteiger partial charge < -0.3 is 4.74 Å². The average molecular weight is 275 g/mol. The lowest BCUT2D eigenvalue weighted by Crippen LogP contribution is -2.37. The number of nitro groups is 1. The fourth-order valence-corrected chi connectivity index (χ4v) is 3.67. The van der Waals surface area contributed by atoms with Crippen molar-refractivity contribution < 1.29 is 14.5 Å². The largest absolute Gasteiger partial charge is 0.455 e. The standard InChI is InChI=1S/C15H17NO4/c1-15(9-10-2-5-12(15)8-10)20-14(17)11-3-6-13(7-4-11)16(18)19/h3-4,6-7,10,12H,2,5,8-9H2,1H3/t10-,12-,15+/m0/s1. The van der Waals surface area contributed by atoms with Gasteiger partial charge in [0.15, 0.2) is 0 Å². The Morgan fingerprint density at radius 3 is 2.55 bits per heavy atom. The van der Waals surface area contributed by atoms with Crippen molar-refractivity contribution in [2.75, 3.05) is 0 Å². The predicted octanol–water partition coefficient (Wildman–Crippen LogP) is 3.33. The number of fused-ring (bicyclic) bond motifs is 2. The summed E-state index contributed by atoms with van der Waals surface area (Å²) in [6.45, 7) is 2.01. The average Bonchev–Trinajstić information content (AvgIpc) is 2.98. The Hall–Kier alpha value is -1.91. The molecule has 0 unspecified atom stereocenters. The molecule has 2 aliphatic carbocycles. The highest BCUT2D eigenvalue weighted by molar-refractivity contribution is 5.90. The molecule has 0 N–H and O–H groups in total. The second-order valence-corrected chi connectivity index (χ2v) is 6.09. The fourth-order valence-electron chi connectivity index (χ4n) is 3.67. The van der Waals surface area contributed by atoms with Crippen molar-refractivity contribution in [2.45, 2.75) is 38.2 Å². The van der Waals surface area contributed by atoms with Crippen molar-refractivity contribution in [1.29, 1.82) is 0 Å². The maximum absolute atomic E-state index is 12.2. The van der Waals surface area contributed by atoms with Crippen LogP contribution in [0, 0.1) is 22.0 Å². The Kier molecular flexibility index (Phi) is 3.00. The van der Waals surface area contributed by atoms with Gasteiger partial charge in [-0.1, -0.05) is 0 Å². The fraction of sp³-hybridized carbons (Fsp3) is 0.533. The Labute approximate surface area is 117 Å². The summed E-state index contributed by atoms with van der Waals surface area (Å²) in [5, 5.41) is 10.6. The summed E-state index contributed by atoms with van der Waals surface area (Å²) in [6.07, 6.45) is 4.48. The van der Waals surface area contributed by atoms with E-state index in [-0.39, 0.29) is 17.3 Å². The van der Waals surface area contributed by atoms with Crippen LogP contribution in [0.1, 0.15) is 43.0 Å². The molecule has 0 amide bonds. The van der Waals surface area contributed by atoms with E-state index in [1.54, 1.807) is 0 Å². The molecule has 2 saturated carbocycles. The minimum Gasteiger partial charge on any atom is -0.455 e. The predicted molar refractivity (Wildman–Crippen MR) is 72.4 cm³/mol. The third-order valence-corrected chi connectivity index (χ3v) is 4.74. The molecular weight excluding hydrogens is 258 g/mol. The number of nitrogens with zero attached hydrogens (tertiary/aromatic N) is 1. The number of benzene rings is 1. The number of rotatable bonds is 3. The summed E-state index contributed by atoms with van der Waals surface area (Å²) in [5.74, 6) is 0.777. The highest BCUT2D eigenvalue weighted by Crippen LogP contribution is 2.52. The van der Waals surface area contributed by atoms with Crippen LogP contribution in [-0.4, -0.2) is 16.5 Å².